The summed E-state index contributed by atoms with van der Waals surface area (Å²) in [5.41, 5.74) is 0.402. The van der Waals surface area contributed by atoms with Crippen LogP contribution in [0.15, 0.2) is 24.5 Å². The molecule has 0 fully saturated rings. The van der Waals surface area contributed by atoms with Crippen molar-refractivity contribution in [3.05, 3.63) is 30.1 Å². The lowest BCUT2D eigenvalue weighted by atomic mass is 9.90. The predicted molar refractivity (Wildman–Crippen MR) is 60.6 cm³/mol. The van der Waals surface area contributed by atoms with E-state index in [0.717, 1.165) is 0 Å². The minimum Gasteiger partial charge on any atom is -0.347 e. The molecule has 1 amide bonds. The third kappa shape index (κ3) is 3.05. The molecule has 1 N–H and O–H groups in total. The van der Waals surface area contributed by atoms with Crippen molar-refractivity contribution in [3.63, 3.8) is 0 Å². The van der Waals surface area contributed by atoms with Gasteiger partial charge in [-0.3, -0.25) is 9.78 Å². The van der Waals surface area contributed by atoms with Crippen LogP contribution in [0.5, 0.6) is 0 Å². The number of hydrogen-bond donors (Lipinski definition) is 1. The first-order valence-electron chi connectivity index (χ1n) is 5.16. The quantitative estimate of drug-likeness (QED) is 0.824. The van der Waals surface area contributed by atoms with Crippen molar-refractivity contribution in [2.75, 3.05) is 0 Å². The molecule has 0 atom stereocenters. The van der Waals surface area contributed by atoms with Crippen LogP contribution in [0, 0.1) is 5.92 Å². The number of rotatable bonds is 3. The molecule has 3 nitrogen and oxygen atoms in total. The van der Waals surface area contributed by atoms with Crippen LogP contribution in [-0.2, 0) is 0 Å². The Kier molecular flexibility index (Phi) is 3.45. The molecule has 0 aromatic carbocycles. The second-order valence-electron chi connectivity index (χ2n) is 4.57. The van der Waals surface area contributed by atoms with E-state index in [1.165, 1.54) is 0 Å². The molecule has 82 valence electrons. The number of aromatic nitrogens is 1. The van der Waals surface area contributed by atoms with E-state index in [-0.39, 0.29) is 11.4 Å². The molecule has 1 aromatic heterocycles. The minimum absolute atomic E-state index is 0.0678. The maximum atomic E-state index is 11.8. The van der Waals surface area contributed by atoms with Crippen LogP contribution in [0.4, 0.5) is 0 Å². The Morgan fingerprint density at radius 2 is 2.13 bits per heavy atom. The SMILES string of the molecule is CC(C)C(C)(C)NC(=O)c1cccnc1. The Bertz CT molecular complexity index is 331. The van der Waals surface area contributed by atoms with E-state index >= 15 is 0 Å². The Hall–Kier alpha value is -1.38. The number of pyridine rings is 1. The van der Waals surface area contributed by atoms with Gasteiger partial charge in [-0.2, -0.15) is 0 Å². The van der Waals surface area contributed by atoms with Gasteiger partial charge >= 0.3 is 0 Å². The van der Waals surface area contributed by atoms with Crippen molar-refractivity contribution >= 4 is 5.91 Å². The van der Waals surface area contributed by atoms with Gasteiger partial charge in [0, 0.05) is 17.9 Å². The van der Waals surface area contributed by atoms with Gasteiger partial charge in [0.05, 0.1) is 5.56 Å². The van der Waals surface area contributed by atoms with E-state index in [4.69, 9.17) is 0 Å². The normalized spacial score (nSPS) is 11.5. The third-order valence-electron chi connectivity index (χ3n) is 2.80. The molecule has 0 aliphatic rings. The number of carbonyl (C=O) groups excluding carboxylic acids is 1. The first kappa shape index (κ1) is 11.7. The average molecular weight is 206 g/mol. The molecular weight excluding hydrogens is 188 g/mol. The highest BCUT2D eigenvalue weighted by Crippen LogP contribution is 2.15. The summed E-state index contributed by atoms with van der Waals surface area (Å²) < 4.78 is 0. The molecule has 0 unspecified atom stereocenters. The van der Waals surface area contributed by atoms with Gasteiger partial charge in [-0.1, -0.05) is 13.8 Å². The molecule has 0 aliphatic carbocycles. The van der Waals surface area contributed by atoms with Crippen LogP contribution in [0.1, 0.15) is 38.1 Å². The van der Waals surface area contributed by atoms with Crippen LogP contribution in [-0.4, -0.2) is 16.4 Å². The smallest absolute Gasteiger partial charge is 0.253 e. The van der Waals surface area contributed by atoms with Gasteiger partial charge in [0.2, 0.25) is 0 Å². The highest BCUT2D eigenvalue weighted by Gasteiger charge is 2.24. The van der Waals surface area contributed by atoms with E-state index in [9.17, 15) is 4.79 Å². The standard InChI is InChI=1S/C12H18N2O/c1-9(2)12(3,4)14-11(15)10-6-5-7-13-8-10/h5-9H,1-4H3,(H,14,15). The summed E-state index contributed by atoms with van der Waals surface area (Å²) in [6, 6.07) is 3.52. The molecular formula is C12H18N2O. The first-order valence-corrected chi connectivity index (χ1v) is 5.16. The summed E-state index contributed by atoms with van der Waals surface area (Å²) in [5, 5.41) is 2.99. The van der Waals surface area contributed by atoms with Gasteiger partial charge in [0.25, 0.3) is 5.91 Å². The summed E-state index contributed by atoms with van der Waals surface area (Å²) >= 11 is 0. The van der Waals surface area contributed by atoms with E-state index < -0.39 is 0 Å². The lowest BCUT2D eigenvalue weighted by Crippen LogP contribution is -2.47. The Morgan fingerprint density at radius 1 is 1.47 bits per heavy atom. The number of carbonyl (C=O) groups is 1. The fourth-order valence-electron chi connectivity index (χ4n) is 1.01. The van der Waals surface area contributed by atoms with E-state index in [1.807, 2.05) is 13.8 Å². The van der Waals surface area contributed by atoms with E-state index in [0.29, 0.717) is 11.5 Å². The fourth-order valence-corrected chi connectivity index (χ4v) is 1.01. The van der Waals surface area contributed by atoms with Crippen molar-refractivity contribution in [1.29, 1.82) is 0 Å². The zero-order valence-electron chi connectivity index (χ0n) is 9.74. The van der Waals surface area contributed by atoms with Gasteiger partial charge in [0.15, 0.2) is 0 Å². The lowest BCUT2D eigenvalue weighted by Gasteiger charge is -2.30. The van der Waals surface area contributed by atoms with Gasteiger partial charge in [-0.15, -0.1) is 0 Å². The molecule has 1 aromatic rings. The monoisotopic (exact) mass is 206 g/mol. The van der Waals surface area contributed by atoms with Gasteiger partial charge in [0.1, 0.15) is 0 Å². The molecule has 0 spiro atoms. The van der Waals surface area contributed by atoms with Crippen molar-refractivity contribution in [2.45, 2.75) is 33.2 Å². The van der Waals surface area contributed by atoms with Gasteiger partial charge < -0.3 is 5.32 Å². The fraction of sp³-hybridized carbons (Fsp3) is 0.500. The molecule has 1 rings (SSSR count). The molecule has 1 heterocycles. The van der Waals surface area contributed by atoms with E-state index in [2.05, 4.69) is 24.1 Å². The molecule has 0 radical (unpaired) electrons. The summed E-state index contributed by atoms with van der Waals surface area (Å²) in [7, 11) is 0. The van der Waals surface area contributed by atoms with E-state index in [1.54, 1.807) is 24.5 Å². The van der Waals surface area contributed by atoms with Crippen molar-refractivity contribution in [1.82, 2.24) is 10.3 Å². The van der Waals surface area contributed by atoms with Gasteiger partial charge in [-0.25, -0.2) is 0 Å². The number of amides is 1. The summed E-state index contributed by atoms with van der Waals surface area (Å²) in [5.74, 6) is 0.319. The topological polar surface area (TPSA) is 42.0 Å². The highest BCUT2D eigenvalue weighted by atomic mass is 16.1. The maximum absolute atomic E-state index is 11.8. The first-order chi connectivity index (χ1) is 6.93. The largest absolute Gasteiger partial charge is 0.347 e. The molecule has 0 saturated carbocycles. The molecule has 0 saturated heterocycles. The van der Waals surface area contributed by atoms with Crippen LogP contribution in [0.25, 0.3) is 0 Å². The Balaban J connectivity index is 2.73. The average Bonchev–Trinajstić information content (AvgIpc) is 2.18. The highest BCUT2D eigenvalue weighted by molar-refractivity contribution is 5.94. The molecule has 0 bridgehead atoms. The summed E-state index contributed by atoms with van der Waals surface area (Å²) in [6.45, 7) is 8.21. The molecule has 3 heteroatoms. The number of nitrogens with one attached hydrogen (secondary N) is 1. The number of hydrogen-bond acceptors (Lipinski definition) is 2. The second-order valence-corrected chi connectivity index (χ2v) is 4.57. The van der Waals surface area contributed by atoms with Crippen molar-refractivity contribution in [3.8, 4) is 0 Å². The predicted octanol–water partition coefficient (Wildman–Crippen LogP) is 2.25. The third-order valence-corrected chi connectivity index (χ3v) is 2.80. The Labute approximate surface area is 90.9 Å². The lowest BCUT2D eigenvalue weighted by molar-refractivity contribution is 0.0890. The summed E-state index contributed by atoms with van der Waals surface area (Å²) in [4.78, 5) is 15.7. The van der Waals surface area contributed by atoms with Gasteiger partial charge in [-0.05, 0) is 31.9 Å². The molecule has 0 aliphatic heterocycles. The van der Waals surface area contributed by atoms with Crippen molar-refractivity contribution in [2.24, 2.45) is 5.92 Å². The van der Waals surface area contributed by atoms with Crippen LogP contribution >= 0.6 is 0 Å². The van der Waals surface area contributed by atoms with Crippen molar-refractivity contribution < 1.29 is 4.79 Å². The summed E-state index contributed by atoms with van der Waals surface area (Å²) in [6.07, 6.45) is 3.23. The minimum atomic E-state index is -0.201. The maximum Gasteiger partial charge on any atom is 0.253 e. The second kappa shape index (κ2) is 4.43. The van der Waals surface area contributed by atoms with Crippen LogP contribution < -0.4 is 5.32 Å². The Morgan fingerprint density at radius 3 is 2.60 bits per heavy atom. The molecule has 15 heavy (non-hydrogen) atoms. The zero-order valence-corrected chi connectivity index (χ0v) is 9.74. The number of nitrogens with zero attached hydrogens (tertiary/aromatic N) is 1. The van der Waals surface area contributed by atoms with Crippen LogP contribution in [0.3, 0.4) is 0 Å². The zero-order chi connectivity index (χ0) is 11.5. The van der Waals surface area contributed by atoms with Crippen LogP contribution in [0.2, 0.25) is 0 Å².